The van der Waals surface area contributed by atoms with Gasteiger partial charge in [-0.2, -0.15) is 0 Å². The van der Waals surface area contributed by atoms with Crippen LogP contribution in [0.15, 0.2) is 18.3 Å². The number of aromatic nitrogens is 1. The number of carbonyl (C=O) groups excluding carboxylic acids is 1. The van der Waals surface area contributed by atoms with Crippen LogP contribution in [0.4, 0.5) is 0 Å². The molecule has 5 nitrogen and oxygen atoms in total. The molecule has 1 atom stereocenters. The lowest BCUT2D eigenvalue weighted by atomic mass is 10.1. The lowest BCUT2D eigenvalue weighted by Gasteiger charge is -2.24. The number of carboxylic acids is 1. The number of likely N-dealkylation sites (tertiary alicyclic amines) is 1. The largest absolute Gasteiger partial charge is 0.478 e. The van der Waals surface area contributed by atoms with Crippen LogP contribution >= 0.6 is 0 Å². The Morgan fingerprint density at radius 1 is 1.50 bits per heavy atom. The van der Waals surface area contributed by atoms with Crippen LogP contribution in [0.3, 0.4) is 0 Å². The van der Waals surface area contributed by atoms with Crippen LogP contribution in [0.2, 0.25) is 0 Å². The Balaban J connectivity index is 2.13. The van der Waals surface area contributed by atoms with Crippen molar-refractivity contribution >= 4 is 11.9 Å². The van der Waals surface area contributed by atoms with Gasteiger partial charge in [-0.3, -0.25) is 9.78 Å². The molecule has 1 aliphatic rings. The molecule has 0 spiro atoms. The summed E-state index contributed by atoms with van der Waals surface area (Å²) in [6.45, 7) is 2.88. The molecule has 0 aromatic carbocycles. The SMILES string of the molecule is CCCC[C@H]1CCCN1C(=O)c1cc(C(=O)O)ccn1. The van der Waals surface area contributed by atoms with Crippen LogP contribution < -0.4 is 0 Å². The predicted octanol–water partition coefficient (Wildman–Crippen LogP) is 2.57. The number of unbranched alkanes of at least 4 members (excludes halogenated alkanes) is 1. The predicted molar refractivity (Wildman–Crippen MR) is 74.8 cm³/mol. The van der Waals surface area contributed by atoms with Gasteiger partial charge in [-0.25, -0.2) is 4.79 Å². The Bertz CT molecular complexity index is 502. The summed E-state index contributed by atoms with van der Waals surface area (Å²) in [6.07, 6.45) is 6.67. The lowest BCUT2D eigenvalue weighted by Crippen LogP contribution is -2.36. The zero-order valence-corrected chi connectivity index (χ0v) is 11.7. The molecular formula is C15H20N2O3. The van der Waals surface area contributed by atoms with Gasteiger partial charge in [0.05, 0.1) is 5.56 Å². The van der Waals surface area contributed by atoms with Crippen molar-refractivity contribution in [3.05, 3.63) is 29.6 Å². The third-order valence-corrected chi connectivity index (χ3v) is 3.75. The minimum atomic E-state index is -1.04. The summed E-state index contributed by atoms with van der Waals surface area (Å²) >= 11 is 0. The van der Waals surface area contributed by atoms with E-state index in [1.165, 1.54) is 18.3 Å². The van der Waals surface area contributed by atoms with E-state index in [1.54, 1.807) is 0 Å². The van der Waals surface area contributed by atoms with Crippen molar-refractivity contribution in [2.45, 2.75) is 45.1 Å². The van der Waals surface area contributed by atoms with Crippen molar-refractivity contribution in [2.75, 3.05) is 6.54 Å². The molecule has 2 heterocycles. The topological polar surface area (TPSA) is 70.5 Å². The van der Waals surface area contributed by atoms with Gasteiger partial charge < -0.3 is 10.0 Å². The first kappa shape index (κ1) is 14.5. The number of aromatic carboxylic acids is 1. The maximum absolute atomic E-state index is 12.5. The Hall–Kier alpha value is -1.91. The molecule has 0 unspecified atom stereocenters. The fourth-order valence-corrected chi connectivity index (χ4v) is 2.67. The second kappa shape index (κ2) is 6.50. The average Bonchev–Trinajstić information content (AvgIpc) is 2.92. The summed E-state index contributed by atoms with van der Waals surface area (Å²) in [5, 5.41) is 8.97. The van der Waals surface area contributed by atoms with Gasteiger partial charge in [-0.15, -0.1) is 0 Å². The van der Waals surface area contributed by atoms with Gasteiger partial charge in [0, 0.05) is 18.8 Å². The first-order valence-corrected chi connectivity index (χ1v) is 7.13. The molecule has 0 radical (unpaired) electrons. The quantitative estimate of drug-likeness (QED) is 0.897. The highest BCUT2D eigenvalue weighted by Gasteiger charge is 2.29. The number of rotatable bonds is 5. The summed E-state index contributed by atoms with van der Waals surface area (Å²) < 4.78 is 0. The number of nitrogens with zero attached hydrogens (tertiary/aromatic N) is 2. The molecule has 1 fully saturated rings. The number of hydrogen-bond donors (Lipinski definition) is 1. The molecule has 0 saturated carbocycles. The first-order valence-electron chi connectivity index (χ1n) is 7.13. The smallest absolute Gasteiger partial charge is 0.335 e. The Labute approximate surface area is 118 Å². The van der Waals surface area contributed by atoms with Gasteiger partial charge in [0.2, 0.25) is 0 Å². The van der Waals surface area contributed by atoms with Crippen molar-refractivity contribution in [1.29, 1.82) is 0 Å². The van der Waals surface area contributed by atoms with E-state index in [0.29, 0.717) is 0 Å². The molecular weight excluding hydrogens is 256 g/mol. The maximum atomic E-state index is 12.5. The van der Waals surface area contributed by atoms with Crippen LogP contribution in [0.1, 0.15) is 59.9 Å². The minimum Gasteiger partial charge on any atom is -0.478 e. The van der Waals surface area contributed by atoms with E-state index >= 15 is 0 Å². The second-order valence-corrected chi connectivity index (χ2v) is 5.17. The van der Waals surface area contributed by atoms with Gasteiger partial charge in [0.25, 0.3) is 5.91 Å². The van der Waals surface area contributed by atoms with Crippen LogP contribution in [-0.2, 0) is 0 Å². The summed E-state index contributed by atoms with van der Waals surface area (Å²) in [5.74, 6) is -1.18. The molecule has 5 heteroatoms. The molecule has 1 saturated heterocycles. The molecule has 20 heavy (non-hydrogen) atoms. The molecule has 0 aliphatic carbocycles. The van der Waals surface area contributed by atoms with Gasteiger partial charge in [0.1, 0.15) is 5.69 Å². The first-order chi connectivity index (χ1) is 9.63. The average molecular weight is 276 g/mol. The van der Waals surface area contributed by atoms with Crippen molar-refractivity contribution in [3.8, 4) is 0 Å². The third kappa shape index (κ3) is 3.15. The number of carboxylic acid groups (broad SMARTS) is 1. The van der Waals surface area contributed by atoms with E-state index in [9.17, 15) is 9.59 Å². The number of hydrogen-bond acceptors (Lipinski definition) is 3. The Morgan fingerprint density at radius 3 is 3.00 bits per heavy atom. The van der Waals surface area contributed by atoms with Crippen molar-refractivity contribution in [2.24, 2.45) is 0 Å². The number of amides is 1. The van der Waals surface area contributed by atoms with Crippen molar-refractivity contribution in [3.63, 3.8) is 0 Å². The van der Waals surface area contributed by atoms with Crippen LogP contribution in [0, 0.1) is 0 Å². The normalized spacial score (nSPS) is 18.2. The van der Waals surface area contributed by atoms with Crippen LogP contribution in [0.5, 0.6) is 0 Å². The highest BCUT2D eigenvalue weighted by molar-refractivity contribution is 5.96. The molecule has 2 rings (SSSR count). The second-order valence-electron chi connectivity index (χ2n) is 5.17. The zero-order chi connectivity index (χ0) is 14.5. The lowest BCUT2D eigenvalue weighted by molar-refractivity contribution is 0.0696. The molecule has 0 bridgehead atoms. The van der Waals surface area contributed by atoms with E-state index in [0.717, 1.165) is 38.6 Å². The molecule has 1 N–H and O–H groups in total. The molecule has 108 valence electrons. The minimum absolute atomic E-state index is 0.104. The van der Waals surface area contributed by atoms with Crippen molar-refractivity contribution in [1.82, 2.24) is 9.88 Å². The highest BCUT2D eigenvalue weighted by atomic mass is 16.4. The monoisotopic (exact) mass is 276 g/mol. The molecule has 1 aromatic rings. The Morgan fingerprint density at radius 2 is 2.30 bits per heavy atom. The fourth-order valence-electron chi connectivity index (χ4n) is 2.67. The van der Waals surface area contributed by atoms with Crippen molar-refractivity contribution < 1.29 is 14.7 Å². The van der Waals surface area contributed by atoms with E-state index in [1.807, 2.05) is 4.90 Å². The zero-order valence-electron chi connectivity index (χ0n) is 11.7. The summed E-state index contributed by atoms with van der Waals surface area (Å²) in [7, 11) is 0. The van der Waals surface area contributed by atoms with Gasteiger partial charge in [-0.1, -0.05) is 19.8 Å². The Kier molecular flexibility index (Phi) is 4.71. The van der Waals surface area contributed by atoms with E-state index in [4.69, 9.17) is 5.11 Å². The molecule has 1 aromatic heterocycles. The number of pyridine rings is 1. The van der Waals surface area contributed by atoms with Crippen LogP contribution in [-0.4, -0.2) is 39.5 Å². The summed E-state index contributed by atoms with van der Waals surface area (Å²) in [4.78, 5) is 29.3. The maximum Gasteiger partial charge on any atom is 0.335 e. The third-order valence-electron chi connectivity index (χ3n) is 3.75. The van der Waals surface area contributed by atoms with Crippen LogP contribution in [0.25, 0.3) is 0 Å². The molecule has 1 amide bonds. The highest BCUT2D eigenvalue weighted by Crippen LogP contribution is 2.23. The summed E-state index contributed by atoms with van der Waals surface area (Å²) in [5.41, 5.74) is 0.334. The van der Waals surface area contributed by atoms with Gasteiger partial charge in [0.15, 0.2) is 0 Å². The van der Waals surface area contributed by atoms with Gasteiger partial charge in [-0.05, 0) is 31.4 Å². The summed E-state index contributed by atoms with van der Waals surface area (Å²) in [6, 6.07) is 3.04. The standard InChI is InChI=1S/C15H20N2O3/c1-2-3-5-12-6-4-9-17(12)14(18)13-10-11(15(19)20)7-8-16-13/h7-8,10,12H,2-6,9H2,1H3,(H,19,20)/t12-/m0/s1. The number of carbonyl (C=O) groups is 2. The van der Waals surface area contributed by atoms with E-state index in [2.05, 4.69) is 11.9 Å². The van der Waals surface area contributed by atoms with E-state index < -0.39 is 5.97 Å². The van der Waals surface area contributed by atoms with Gasteiger partial charge >= 0.3 is 5.97 Å². The van der Waals surface area contributed by atoms with E-state index in [-0.39, 0.29) is 23.2 Å². The molecule has 1 aliphatic heterocycles. The fraction of sp³-hybridized carbons (Fsp3) is 0.533.